The minimum atomic E-state index is -0.130. The number of carbonyl (C=O) groups is 1. The average molecular weight is 333 g/mol. The van der Waals surface area contributed by atoms with Crippen LogP contribution in [0.3, 0.4) is 0 Å². The minimum Gasteiger partial charge on any atom is -0.459 e. The van der Waals surface area contributed by atoms with Crippen molar-refractivity contribution < 1.29 is 13.9 Å². The van der Waals surface area contributed by atoms with Crippen LogP contribution in [0, 0.1) is 0 Å². The van der Waals surface area contributed by atoms with Gasteiger partial charge in [0.1, 0.15) is 5.69 Å². The van der Waals surface area contributed by atoms with Crippen LogP contribution in [0.1, 0.15) is 27.9 Å². The van der Waals surface area contributed by atoms with Crippen LogP contribution < -0.4 is 0 Å². The Morgan fingerprint density at radius 1 is 1.50 bits per heavy atom. The Kier molecular flexibility index (Phi) is 4.96. The highest BCUT2D eigenvalue weighted by Crippen LogP contribution is 2.27. The van der Waals surface area contributed by atoms with Crippen LogP contribution in [0.25, 0.3) is 0 Å². The number of hydrogen-bond donors (Lipinski definition) is 0. The zero-order chi connectivity index (χ0) is 17.1. The standard InChI is InChI=1S/C16H23N5O3/c1-19(2)6-8-23-11-12-9-21(16(22)14-5-4-7-24-14)10-13-15(12)20(3)18-17-13/h4-5,7,12H,6,8-11H2,1-3H3. The highest BCUT2D eigenvalue weighted by atomic mass is 16.5. The first-order valence-electron chi connectivity index (χ1n) is 8.00. The summed E-state index contributed by atoms with van der Waals surface area (Å²) in [7, 11) is 5.90. The summed E-state index contributed by atoms with van der Waals surface area (Å²) >= 11 is 0. The van der Waals surface area contributed by atoms with Crippen LogP contribution in [0.5, 0.6) is 0 Å². The predicted octanol–water partition coefficient (Wildman–Crippen LogP) is 0.726. The van der Waals surface area contributed by atoms with E-state index in [0.717, 1.165) is 17.9 Å². The monoisotopic (exact) mass is 333 g/mol. The summed E-state index contributed by atoms with van der Waals surface area (Å²) in [5.74, 6) is 0.263. The van der Waals surface area contributed by atoms with Gasteiger partial charge in [-0.3, -0.25) is 9.48 Å². The first-order chi connectivity index (χ1) is 11.6. The smallest absolute Gasteiger partial charge is 0.289 e. The van der Waals surface area contributed by atoms with Crippen LogP contribution in [0.15, 0.2) is 22.8 Å². The van der Waals surface area contributed by atoms with Crippen molar-refractivity contribution in [3.8, 4) is 0 Å². The fourth-order valence-electron chi connectivity index (χ4n) is 2.93. The van der Waals surface area contributed by atoms with Gasteiger partial charge in [0.05, 0.1) is 31.7 Å². The van der Waals surface area contributed by atoms with Crippen LogP contribution in [-0.2, 0) is 18.3 Å². The topological polar surface area (TPSA) is 76.6 Å². The van der Waals surface area contributed by atoms with Crippen molar-refractivity contribution in [3.05, 3.63) is 35.5 Å². The summed E-state index contributed by atoms with van der Waals surface area (Å²) in [5, 5.41) is 8.30. The maximum atomic E-state index is 12.6. The number of carbonyl (C=O) groups excluding carboxylic acids is 1. The van der Waals surface area contributed by atoms with E-state index in [1.165, 1.54) is 6.26 Å². The Morgan fingerprint density at radius 3 is 3.04 bits per heavy atom. The van der Waals surface area contributed by atoms with E-state index >= 15 is 0 Å². The first kappa shape index (κ1) is 16.7. The Balaban J connectivity index is 1.72. The molecule has 3 heterocycles. The fraction of sp³-hybridized carbons (Fsp3) is 0.562. The second kappa shape index (κ2) is 7.14. The van der Waals surface area contributed by atoms with Crippen molar-refractivity contribution in [3.63, 3.8) is 0 Å². The number of fused-ring (bicyclic) bond motifs is 1. The van der Waals surface area contributed by atoms with Gasteiger partial charge in [0.15, 0.2) is 5.76 Å². The van der Waals surface area contributed by atoms with Crippen LogP contribution >= 0.6 is 0 Å². The third-order valence-electron chi connectivity index (χ3n) is 4.13. The van der Waals surface area contributed by atoms with E-state index in [2.05, 4.69) is 15.2 Å². The first-order valence-corrected chi connectivity index (χ1v) is 8.00. The van der Waals surface area contributed by atoms with Gasteiger partial charge in [0, 0.05) is 26.1 Å². The molecule has 0 saturated carbocycles. The zero-order valence-corrected chi connectivity index (χ0v) is 14.3. The number of furan rings is 1. The summed E-state index contributed by atoms with van der Waals surface area (Å²) < 4.78 is 12.8. The number of ether oxygens (including phenoxy) is 1. The summed E-state index contributed by atoms with van der Waals surface area (Å²) in [5.41, 5.74) is 1.87. The number of likely N-dealkylation sites (N-methyl/N-ethyl adjacent to an activating group) is 1. The SMILES string of the molecule is CN(C)CCOCC1CN(C(=O)c2ccco2)Cc2nnn(C)c21. The molecule has 8 heteroatoms. The number of nitrogens with zero attached hydrogens (tertiary/aromatic N) is 5. The second-order valence-electron chi connectivity index (χ2n) is 6.28. The van der Waals surface area contributed by atoms with Crippen molar-refractivity contribution in [1.29, 1.82) is 0 Å². The molecular weight excluding hydrogens is 310 g/mol. The quantitative estimate of drug-likeness (QED) is 0.725. The van der Waals surface area contributed by atoms with Gasteiger partial charge < -0.3 is 19.0 Å². The molecular formula is C16H23N5O3. The van der Waals surface area contributed by atoms with E-state index in [9.17, 15) is 4.79 Å². The maximum Gasteiger partial charge on any atom is 0.289 e. The van der Waals surface area contributed by atoms with E-state index in [4.69, 9.17) is 9.15 Å². The molecule has 1 unspecified atom stereocenters. The number of aromatic nitrogens is 3. The summed E-state index contributed by atoms with van der Waals surface area (Å²) in [6.07, 6.45) is 1.51. The lowest BCUT2D eigenvalue weighted by Crippen LogP contribution is -2.40. The van der Waals surface area contributed by atoms with Crippen molar-refractivity contribution >= 4 is 5.91 Å². The molecule has 0 saturated heterocycles. The van der Waals surface area contributed by atoms with Gasteiger partial charge in [-0.2, -0.15) is 0 Å². The highest BCUT2D eigenvalue weighted by molar-refractivity contribution is 5.91. The Hall–Kier alpha value is -2.19. The van der Waals surface area contributed by atoms with E-state index in [1.54, 1.807) is 21.7 Å². The Bertz CT molecular complexity index is 680. The second-order valence-corrected chi connectivity index (χ2v) is 6.28. The summed E-state index contributed by atoms with van der Waals surface area (Å²) in [4.78, 5) is 16.4. The average Bonchev–Trinajstić information content (AvgIpc) is 3.21. The molecule has 0 fully saturated rings. The lowest BCUT2D eigenvalue weighted by atomic mass is 9.98. The third-order valence-corrected chi connectivity index (χ3v) is 4.13. The van der Waals surface area contributed by atoms with Crippen molar-refractivity contribution in [2.24, 2.45) is 7.05 Å². The highest BCUT2D eigenvalue weighted by Gasteiger charge is 2.33. The minimum absolute atomic E-state index is 0.0508. The van der Waals surface area contributed by atoms with Gasteiger partial charge in [0.25, 0.3) is 5.91 Å². The van der Waals surface area contributed by atoms with Crippen molar-refractivity contribution in [2.75, 3.05) is 40.4 Å². The Morgan fingerprint density at radius 2 is 2.33 bits per heavy atom. The molecule has 1 aliphatic heterocycles. The molecule has 2 aromatic rings. The number of rotatable bonds is 6. The van der Waals surface area contributed by atoms with Crippen LogP contribution in [0.4, 0.5) is 0 Å². The molecule has 0 aliphatic carbocycles. The van der Waals surface area contributed by atoms with Gasteiger partial charge in [-0.05, 0) is 26.2 Å². The fourth-order valence-corrected chi connectivity index (χ4v) is 2.93. The molecule has 24 heavy (non-hydrogen) atoms. The molecule has 0 aromatic carbocycles. The van der Waals surface area contributed by atoms with Crippen molar-refractivity contribution in [2.45, 2.75) is 12.5 Å². The summed E-state index contributed by atoms with van der Waals surface area (Å²) in [6.45, 7) is 3.05. The largest absolute Gasteiger partial charge is 0.459 e. The van der Waals surface area contributed by atoms with E-state index in [0.29, 0.717) is 32.1 Å². The maximum absolute atomic E-state index is 12.6. The van der Waals surface area contributed by atoms with Gasteiger partial charge >= 0.3 is 0 Å². The lowest BCUT2D eigenvalue weighted by Gasteiger charge is -2.31. The van der Waals surface area contributed by atoms with E-state index in [1.807, 2.05) is 21.1 Å². The van der Waals surface area contributed by atoms with E-state index in [-0.39, 0.29) is 11.8 Å². The molecule has 8 nitrogen and oxygen atoms in total. The molecule has 3 rings (SSSR count). The Labute approximate surface area is 141 Å². The van der Waals surface area contributed by atoms with Gasteiger partial charge in [-0.1, -0.05) is 5.21 Å². The molecule has 0 spiro atoms. The van der Waals surface area contributed by atoms with E-state index < -0.39 is 0 Å². The number of hydrogen-bond acceptors (Lipinski definition) is 6. The molecule has 0 bridgehead atoms. The van der Waals surface area contributed by atoms with Crippen LogP contribution in [0.2, 0.25) is 0 Å². The number of aryl methyl sites for hydroxylation is 1. The van der Waals surface area contributed by atoms with Gasteiger partial charge in [-0.25, -0.2) is 0 Å². The third kappa shape index (κ3) is 3.49. The normalized spacial score (nSPS) is 17.3. The molecule has 0 radical (unpaired) electrons. The molecule has 130 valence electrons. The van der Waals surface area contributed by atoms with Gasteiger partial charge in [-0.15, -0.1) is 5.10 Å². The lowest BCUT2D eigenvalue weighted by molar-refractivity contribution is 0.0587. The van der Waals surface area contributed by atoms with Crippen molar-refractivity contribution in [1.82, 2.24) is 24.8 Å². The summed E-state index contributed by atoms with van der Waals surface area (Å²) in [6, 6.07) is 3.39. The number of amides is 1. The molecule has 1 amide bonds. The van der Waals surface area contributed by atoms with Crippen LogP contribution in [-0.4, -0.2) is 71.1 Å². The molecule has 2 aromatic heterocycles. The van der Waals surface area contributed by atoms with Gasteiger partial charge in [0.2, 0.25) is 0 Å². The molecule has 0 N–H and O–H groups in total. The zero-order valence-electron chi connectivity index (χ0n) is 14.3. The molecule has 1 aliphatic rings. The predicted molar refractivity (Wildman–Crippen MR) is 86.6 cm³/mol. The molecule has 1 atom stereocenters.